The van der Waals surface area contributed by atoms with Crippen molar-refractivity contribution >= 4 is 8.25 Å². The topological polar surface area (TPSA) is 57.5 Å². The lowest BCUT2D eigenvalue weighted by atomic mass is 10.1. The maximum Gasteiger partial charge on any atom is 0.314 e. The largest absolute Gasteiger partial charge is 0.326 e. The zero-order valence-electron chi connectivity index (χ0n) is 13.0. The number of hydrogen-bond acceptors (Lipinski definition) is 1. The first-order chi connectivity index (χ1) is 9.15. The lowest BCUT2D eigenvalue weighted by molar-refractivity contribution is 0.405. The molecule has 0 amide bonds. The van der Waals surface area contributed by atoms with Gasteiger partial charge in [0.1, 0.15) is 0 Å². The zero-order chi connectivity index (χ0) is 14.8. The standard InChI is InChI=1S/C15H32.H3O3P/c1-3-5-7-9-11-13-15-14-12-10-8-6-4-2;1-4(2)3/h3-15H2,1-2H3;4H,(H2,1,2,3). The molecule has 0 fully saturated rings. The van der Waals surface area contributed by atoms with Crippen LogP contribution in [0.25, 0.3) is 0 Å². The van der Waals surface area contributed by atoms with E-state index >= 15 is 0 Å². The smallest absolute Gasteiger partial charge is 0.314 e. The molecule has 0 aliphatic heterocycles. The fourth-order valence-electron chi connectivity index (χ4n) is 2.09. The van der Waals surface area contributed by atoms with Crippen molar-refractivity contribution < 1.29 is 14.4 Å². The second kappa shape index (κ2) is 20.5. The lowest BCUT2D eigenvalue weighted by Crippen LogP contribution is -1.82. The minimum absolute atomic E-state index is 1.37. The molecule has 0 spiro atoms. The van der Waals surface area contributed by atoms with E-state index in [4.69, 9.17) is 14.4 Å². The van der Waals surface area contributed by atoms with Crippen LogP contribution in [-0.2, 0) is 4.57 Å². The Labute approximate surface area is 120 Å². The van der Waals surface area contributed by atoms with E-state index in [1.54, 1.807) is 0 Å². The predicted molar refractivity (Wildman–Crippen MR) is 84.8 cm³/mol. The molecule has 0 radical (unpaired) electrons. The molecule has 0 aliphatic carbocycles. The number of rotatable bonds is 12. The van der Waals surface area contributed by atoms with Gasteiger partial charge in [0, 0.05) is 0 Å². The summed E-state index contributed by atoms with van der Waals surface area (Å²) in [4.78, 5) is 14.3. The molecule has 0 aromatic heterocycles. The molecule has 0 aromatic carbocycles. The average Bonchev–Trinajstić information content (AvgIpc) is 2.35. The van der Waals surface area contributed by atoms with Gasteiger partial charge >= 0.3 is 8.25 Å². The van der Waals surface area contributed by atoms with Gasteiger partial charge in [-0.3, -0.25) is 4.57 Å². The van der Waals surface area contributed by atoms with Gasteiger partial charge in [-0.05, 0) is 0 Å². The van der Waals surface area contributed by atoms with E-state index in [0.29, 0.717) is 0 Å². The summed E-state index contributed by atoms with van der Waals surface area (Å²) in [6, 6.07) is 0. The van der Waals surface area contributed by atoms with Crippen molar-refractivity contribution in [1.29, 1.82) is 0 Å². The first-order valence-electron chi connectivity index (χ1n) is 8.07. The van der Waals surface area contributed by atoms with Gasteiger partial charge < -0.3 is 9.79 Å². The fourth-order valence-corrected chi connectivity index (χ4v) is 2.09. The van der Waals surface area contributed by atoms with Gasteiger partial charge in [0.15, 0.2) is 0 Å². The van der Waals surface area contributed by atoms with Crippen LogP contribution in [0.15, 0.2) is 0 Å². The van der Waals surface area contributed by atoms with Crippen LogP contribution in [0.4, 0.5) is 0 Å². The Bertz CT molecular complexity index is 159. The van der Waals surface area contributed by atoms with Crippen LogP contribution in [-0.4, -0.2) is 9.79 Å². The van der Waals surface area contributed by atoms with Crippen LogP contribution in [0.3, 0.4) is 0 Å². The van der Waals surface area contributed by atoms with Gasteiger partial charge in [0.2, 0.25) is 0 Å². The summed E-state index contributed by atoms with van der Waals surface area (Å²) >= 11 is 0. The Kier molecular flexibility index (Phi) is 23.1. The molecule has 4 heteroatoms. The van der Waals surface area contributed by atoms with E-state index in [2.05, 4.69) is 13.8 Å². The van der Waals surface area contributed by atoms with Crippen LogP contribution < -0.4 is 0 Å². The van der Waals surface area contributed by atoms with Crippen molar-refractivity contribution in [3.8, 4) is 0 Å². The third-order valence-electron chi connectivity index (χ3n) is 3.21. The molecule has 0 aliphatic rings. The Balaban J connectivity index is 0. The molecule has 0 atom stereocenters. The van der Waals surface area contributed by atoms with Gasteiger partial charge in [-0.1, -0.05) is 97.3 Å². The van der Waals surface area contributed by atoms with Crippen molar-refractivity contribution in [2.75, 3.05) is 0 Å². The van der Waals surface area contributed by atoms with Crippen LogP contribution in [0, 0.1) is 0 Å². The maximum absolute atomic E-state index is 8.74. The molecular weight excluding hydrogens is 259 g/mol. The molecule has 0 saturated heterocycles. The molecule has 3 nitrogen and oxygen atoms in total. The normalized spacial score (nSPS) is 10.4. The SMILES string of the molecule is CCCCCCCCCCCCCCC.O=[PH](O)O. The summed E-state index contributed by atoms with van der Waals surface area (Å²) in [5, 5.41) is 0. The van der Waals surface area contributed by atoms with Crippen molar-refractivity contribution in [2.24, 2.45) is 0 Å². The molecule has 0 bridgehead atoms. The molecule has 118 valence electrons. The highest BCUT2D eigenvalue weighted by Gasteiger charge is 1.92. The quantitative estimate of drug-likeness (QED) is 0.371. The highest BCUT2D eigenvalue weighted by molar-refractivity contribution is 7.30. The van der Waals surface area contributed by atoms with Crippen LogP contribution >= 0.6 is 8.25 Å². The lowest BCUT2D eigenvalue weighted by Gasteiger charge is -2.01. The minimum Gasteiger partial charge on any atom is -0.326 e. The molecule has 0 aromatic rings. The van der Waals surface area contributed by atoms with E-state index in [0.717, 1.165) is 0 Å². The van der Waals surface area contributed by atoms with Gasteiger partial charge in [-0.2, -0.15) is 0 Å². The van der Waals surface area contributed by atoms with Crippen LogP contribution in [0.1, 0.15) is 97.3 Å². The highest BCUT2D eigenvalue weighted by Crippen LogP contribution is 2.12. The first-order valence-corrected chi connectivity index (χ1v) is 9.37. The van der Waals surface area contributed by atoms with Crippen molar-refractivity contribution in [3.05, 3.63) is 0 Å². The van der Waals surface area contributed by atoms with Crippen molar-refractivity contribution in [1.82, 2.24) is 0 Å². The predicted octanol–water partition coefficient (Wildman–Crippen LogP) is 5.46. The molecule has 0 rings (SSSR count). The van der Waals surface area contributed by atoms with E-state index in [9.17, 15) is 0 Å². The molecule has 19 heavy (non-hydrogen) atoms. The maximum atomic E-state index is 8.74. The molecule has 2 N–H and O–H groups in total. The molecule has 0 unspecified atom stereocenters. The number of hydrogen-bond donors (Lipinski definition) is 2. The van der Waals surface area contributed by atoms with Crippen molar-refractivity contribution in [2.45, 2.75) is 97.3 Å². The van der Waals surface area contributed by atoms with Gasteiger partial charge in [-0.25, -0.2) is 0 Å². The fraction of sp³-hybridized carbons (Fsp3) is 1.00. The van der Waals surface area contributed by atoms with E-state index in [-0.39, 0.29) is 0 Å². The molecular formula is C15H35O3P. The summed E-state index contributed by atoms with van der Waals surface area (Å²) in [6.07, 6.45) is 18.9. The second-order valence-corrected chi connectivity index (χ2v) is 5.74. The summed E-state index contributed by atoms with van der Waals surface area (Å²) in [5.74, 6) is 0. The molecule has 0 saturated carbocycles. The average molecular weight is 294 g/mol. The zero-order valence-corrected chi connectivity index (χ0v) is 14.0. The van der Waals surface area contributed by atoms with Gasteiger partial charge in [0.25, 0.3) is 0 Å². The Morgan fingerprint density at radius 2 is 0.737 bits per heavy atom. The van der Waals surface area contributed by atoms with Gasteiger partial charge in [-0.15, -0.1) is 0 Å². The van der Waals surface area contributed by atoms with E-state index in [1.807, 2.05) is 0 Å². The second-order valence-electron chi connectivity index (χ2n) is 5.17. The Morgan fingerprint density at radius 1 is 0.579 bits per heavy atom. The monoisotopic (exact) mass is 294 g/mol. The summed E-state index contributed by atoms with van der Waals surface area (Å²) < 4.78 is 8.74. The number of unbranched alkanes of at least 4 members (excludes halogenated alkanes) is 12. The summed E-state index contributed by atoms with van der Waals surface area (Å²) in [5.41, 5.74) is 0. The van der Waals surface area contributed by atoms with Crippen LogP contribution in [0.2, 0.25) is 0 Å². The first kappa shape index (κ1) is 21.4. The Morgan fingerprint density at radius 3 is 0.895 bits per heavy atom. The Hall–Kier alpha value is 0.150. The third kappa shape index (κ3) is 32.1. The van der Waals surface area contributed by atoms with Crippen molar-refractivity contribution in [3.63, 3.8) is 0 Å². The highest BCUT2D eigenvalue weighted by atomic mass is 31.1. The summed E-state index contributed by atoms with van der Waals surface area (Å²) in [7, 11) is -3.13. The molecule has 0 heterocycles. The van der Waals surface area contributed by atoms with Crippen LogP contribution in [0.5, 0.6) is 0 Å². The third-order valence-corrected chi connectivity index (χ3v) is 3.21. The van der Waals surface area contributed by atoms with Gasteiger partial charge in [0.05, 0.1) is 0 Å². The van der Waals surface area contributed by atoms with E-state index < -0.39 is 8.25 Å². The summed E-state index contributed by atoms with van der Waals surface area (Å²) in [6.45, 7) is 4.58. The minimum atomic E-state index is -3.13. The van der Waals surface area contributed by atoms with E-state index in [1.165, 1.54) is 83.5 Å².